The zero-order valence-corrected chi connectivity index (χ0v) is 44.2. The molecule has 4 aliphatic rings. The number of phenols is 2. The maximum Gasteiger partial charge on any atom is 0.195 e. The summed E-state index contributed by atoms with van der Waals surface area (Å²) in [5, 5.41) is 47.0. The zero-order valence-electron chi connectivity index (χ0n) is 42.6. The average Bonchev–Trinajstić information content (AvgIpc) is 3.37. The number of nitrogens with zero attached hydrogens (tertiary/aromatic N) is 8. The fourth-order valence-electron chi connectivity index (χ4n) is 10.6. The Morgan fingerprint density at radius 1 is 0.845 bits per heavy atom. The van der Waals surface area contributed by atoms with Crippen molar-refractivity contribution in [2.24, 2.45) is 11.8 Å². The van der Waals surface area contributed by atoms with Crippen LogP contribution in [-0.2, 0) is 11.3 Å². The van der Waals surface area contributed by atoms with Crippen LogP contribution in [0.25, 0.3) is 0 Å². The van der Waals surface area contributed by atoms with Crippen LogP contribution in [0.3, 0.4) is 0 Å². The minimum atomic E-state index is -0.498. The molecule has 4 fully saturated rings. The summed E-state index contributed by atoms with van der Waals surface area (Å²) in [7, 11) is 3.95. The molecule has 6 N–H and O–H groups in total. The molecule has 382 valence electrons. The van der Waals surface area contributed by atoms with E-state index in [-0.39, 0.29) is 40.2 Å². The van der Waals surface area contributed by atoms with Gasteiger partial charge in [0.25, 0.3) is 0 Å². The van der Waals surface area contributed by atoms with E-state index in [4.69, 9.17) is 32.4 Å². The van der Waals surface area contributed by atoms with Crippen molar-refractivity contribution in [1.82, 2.24) is 30.0 Å². The van der Waals surface area contributed by atoms with Gasteiger partial charge < -0.3 is 35.5 Å². The number of likely N-dealkylation sites (tertiary alicyclic amines) is 2. The Morgan fingerprint density at radius 3 is 2.06 bits per heavy atom. The highest BCUT2D eigenvalue weighted by Gasteiger charge is 2.31. The molecule has 4 aromatic rings. The third kappa shape index (κ3) is 12.6. The quantitative estimate of drug-likeness (QED) is 0.0465. The van der Waals surface area contributed by atoms with E-state index in [0.717, 1.165) is 115 Å². The number of ketones is 1. The van der Waals surface area contributed by atoms with Crippen LogP contribution in [0.4, 0.5) is 23.0 Å². The van der Waals surface area contributed by atoms with Crippen LogP contribution in [0.2, 0.25) is 5.02 Å². The predicted molar refractivity (Wildman–Crippen MR) is 290 cm³/mol. The summed E-state index contributed by atoms with van der Waals surface area (Å²) in [5.74, 6) is 1.64. The van der Waals surface area contributed by atoms with Crippen LogP contribution >= 0.6 is 23.4 Å². The number of hydrogen-bond acceptors (Lipinski definition) is 15. The second kappa shape index (κ2) is 23.3. The molecule has 0 spiro atoms. The van der Waals surface area contributed by atoms with Gasteiger partial charge in [0.15, 0.2) is 17.4 Å². The largest absolute Gasteiger partial charge is 0.508 e. The number of carbonyl (C=O) groups excluding carboxylic acids is 1. The Kier molecular flexibility index (Phi) is 17.2. The number of amidine groups is 2. The van der Waals surface area contributed by atoms with Crippen molar-refractivity contribution >= 4 is 63.8 Å². The molecule has 0 atom stereocenters. The number of Topliss-reactive ketones (excluding diaryl/α,β-unsaturated/α-hetero) is 1. The lowest BCUT2D eigenvalue weighted by Crippen LogP contribution is -2.50. The van der Waals surface area contributed by atoms with Crippen LogP contribution in [-0.4, -0.2) is 151 Å². The maximum absolute atomic E-state index is 12.4. The summed E-state index contributed by atoms with van der Waals surface area (Å²) in [6.07, 6.45) is 8.90. The number of aromatic hydroxyl groups is 2. The average molecular weight is 1010 g/mol. The number of rotatable bonds is 16. The summed E-state index contributed by atoms with van der Waals surface area (Å²) in [5.41, 5.74) is 3.59. The SMILES string of the molecule is CNc1nc(N2CCC(C)(NC)CC2)cnc1Sc1cccc(N2CCN(CC3CCN(CC4CCN(Cc5ccc(N(C(=N)C(C)=O)C(=N)c6cc(C(C)C)c(O)cc6O)cc5)CC4)CC3)CC2)c1Cl. The van der Waals surface area contributed by atoms with E-state index in [9.17, 15) is 15.0 Å². The number of piperazine rings is 1. The van der Waals surface area contributed by atoms with Crippen molar-refractivity contribution < 1.29 is 15.0 Å². The third-order valence-electron chi connectivity index (χ3n) is 15.5. The molecule has 0 unspecified atom stereocenters. The fraction of sp³-hybridized carbons (Fsp3) is 0.537. The molecule has 3 aromatic carbocycles. The molecule has 0 saturated carbocycles. The normalized spacial score (nSPS) is 18.8. The van der Waals surface area contributed by atoms with Crippen molar-refractivity contribution in [3.05, 3.63) is 82.5 Å². The van der Waals surface area contributed by atoms with Crippen LogP contribution in [0.5, 0.6) is 11.5 Å². The Balaban J connectivity index is 0.755. The number of phenolic OH excluding ortho intramolecular Hbond substituents is 2. The van der Waals surface area contributed by atoms with E-state index in [1.54, 1.807) is 17.8 Å². The highest BCUT2D eigenvalue weighted by atomic mass is 35.5. The molecule has 71 heavy (non-hydrogen) atoms. The minimum absolute atomic E-state index is 0.0564. The molecule has 17 heteroatoms. The number of nitrogens with one attached hydrogen (secondary N) is 4. The second-order valence-electron chi connectivity index (χ2n) is 20.7. The van der Waals surface area contributed by atoms with Gasteiger partial charge in [-0.25, -0.2) is 9.97 Å². The molecule has 15 nitrogen and oxygen atoms in total. The molecule has 1 aromatic heterocycles. The number of aromatic nitrogens is 2. The van der Waals surface area contributed by atoms with Crippen LogP contribution in [0.1, 0.15) is 88.8 Å². The van der Waals surface area contributed by atoms with Gasteiger partial charge in [-0.1, -0.05) is 55.4 Å². The van der Waals surface area contributed by atoms with E-state index in [2.05, 4.69) is 60.3 Å². The first-order valence-electron chi connectivity index (χ1n) is 25.6. The molecule has 0 amide bonds. The number of carbonyl (C=O) groups is 1. The van der Waals surface area contributed by atoms with Crippen molar-refractivity contribution in [2.45, 2.75) is 94.1 Å². The lowest BCUT2D eigenvalue weighted by molar-refractivity contribution is -0.111. The molecular formula is C54H75ClN12O3S. The van der Waals surface area contributed by atoms with E-state index in [1.807, 2.05) is 58.4 Å². The second-order valence-corrected chi connectivity index (χ2v) is 22.1. The molecule has 8 rings (SSSR count). The van der Waals surface area contributed by atoms with Crippen LogP contribution < -0.4 is 25.3 Å². The first-order valence-corrected chi connectivity index (χ1v) is 26.8. The molecule has 4 saturated heterocycles. The van der Waals surface area contributed by atoms with Gasteiger partial charge >= 0.3 is 0 Å². The van der Waals surface area contributed by atoms with Crippen molar-refractivity contribution in [1.29, 1.82) is 10.8 Å². The van der Waals surface area contributed by atoms with Gasteiger partial charge in [-0.15, -0.1) is 0 Å². The maximum atomic E-state index is 12.4. The lowest BCUT2D eigenvalue weighted by Gasteiger charge is -2.41. The highest BCUT2D eigenvalue weighted by molar-refractivity contribution is 7.99. The topological polar surface area (TPSA) is 175 Å². The fourth-order valence-corrected chi connectivity index (χ4v) is 11.9. The summed E-state index contributed by atoms with van der Waals surface area (Å²) in [6, 6.07) is 16.8. The predicted octanol–water partition coefficient (Wildman–Crippen LogP) is 8.58. The van der Waals surface area contributed by atoms with Crippen molar-refractivity contribution in [3.63, 3.8) is 0 Å². The number of hydrogen-bond donors (Lipinski definition) is 6. The van der Waals surface area contributed by atoms with Crippen molar-refractivity contribution in [2.75, 3.05) is 113 Å². The van der Waals surface area contributed by atoms with E-state index >= 15 is 0 Å². The number of halogens is 1. The smallest absolute Gasteiger partial charge is 0.195 e. The van der Waals surface area contributed by atoms with E-state index in [0.29, 0.717) is 17.2 Å². The Hall–Kier alpha value is -4.97. The standard InChI is InChI=1S/C54H75ClN12O3S/c1-36(2)42-30-43(46(70)31-45(42)69)51(57)67(50(56)37(3)68)41-12-10-38(11-13-41)33-62-20-14-39(15-21-62)34-63-22-16-40(17-23-63)35-64-26-28-65(29-27-64)44-8-7-9-47(49(44)55)71-53-52(58-5)61-48(32-60-53)66-24-18-54(4,59-6)19-25-66/h7-13,30-32,36,39-40,56-57,59,69-70H,14-29,33-35H2,1-6H3,(H,58,61). The summed E-state index contributed by atoms with van der Waals surface area (Å²) >= 11 is 8.74. The van der Waals surface area contributed by atoms with Crippen LogP contribution in [0, 0.1) is 22.7 Å². The van der Waals surface area contributed by atoms with Crippen molar-refractivity contribution in [3.8, 4) is 11.5 Å². The van der Waals surface area contributed by atoms with Gasteiger partial charge in [0.05, 0.1) is 22.5 Å². The van der Waals surface area contributed by atoms with Gasteiger partial charge in [0.2, 0.25) is 0 Å². The Labute approximate surface area is 430 Å². The molecule has 5 heterocycles. The summed E-state index contributed by atoms with van der Waals surface area (Å²) < 4.78 is 0. The lowest BCUT2D eigenvalue weighted by atomic mass is 9.90. The monoisotopic (exact) mass is 1010 g/mol. The summed E-state index contributed by atoms with van der Waals surface area (Å²) in [6.45, 7) is 20.9. The number of anilines is 4. The van der Waals surface area contributed by atoms with Gasteiger partial charge in [-0.05, 0) is 138 Å². The molecule has 0 radical (unpaired) electrons. The summed E-state index contributed by atoms with van der Waals surface area (Å²) in [4.78, 5) is 37.2. The van der Waals surface area contributed by atoms with E-state index in [1.165, 1.54) is 69.8 Å². The first-order chi connectivity index (χ1) is 34.1. The Bertz CT molecular complexity index is 2500. The zero-order chi connectivity index (χ0) is 50.4. The highest BCUT2D eigenvalue weighted by Crippen LogP contribution is 2.41. The van der Waals surface area contributed by atoms with E-state index < -0.39 is 5.78 Å². The first kappa shape index (κ1) is 52.4. The minimum Gasteiger partial charge on any atom is -0.508 e. The molecular weight excluding hydrogens is 932 g/mol. The molecule has 0 bridgehead atoms. The van der Waals surface area contributed by atoms with Gasteiger partial charge in [-0.2, -0.15) is 0 Å². The van der Waals surface area contributed by atoms with Crippen LogP contribution in [0.15, 0.2) is 70.7 Å². The number of piperidine rings is 3. The van der Waals surface area contributed by atoms with Gasteiger partial charge in [0, 0.05) is 95.1 Å². The Morgan fingerprint density at radius 2 is 1.46 bits per heavy atom. The molecule has 0 aliphatic carbocycles. The third-order valence-corrected chi connectivity index (χ3v) is 17.0. The molecule has 4 aliphatic heterocycles. The van der Waals surface area contributed by atoms with Gasteiger partial charge in [0.1, 0.15) is 28.2 Å². The van der Waals surface area contributed by atoms with Gasteiger partial charge in [-0.3, -0.25) is 30.3 Å². The number of benzene rings is 3.